The Kier molecular flexibility index (Phi) is 2.17. The molecule has 1 heterocycles. The van der Waals surface area contributed by atoms with E-state index in [0.29, 0.717) is 5.56 Å². The molecule has 0 radical (unpaired) electrons. The van der Waals surface area contributed by atoms with E-state index in [4.69, 9.17) is 0 Å². The predicted molar refractivity (Wildman–Crippen MR) is 38.2 cm³/mol. The molecule has 1 aromatic rings. The summed E-state index contributed by atoms with van der Waals surface area (Å²) in [6.45, 7) is 3.61. The summed E-state index contributed by atoms with van der Waals surface area (Å²) in [6, 6.07) is 1.49. The highest BCUT2D eigenvalue weighted by molar-refractivity contribution is 5.17. The quantitative estimate of drug-likeness (QED) is 0.570. The van der Waals surface area contributed by atoms with Crippen molar-refractivity contribution in [2.75, 3.05) is 0 Å². The lowest BCUT2D eigenvalue weighted by Crippen LogP contribution is -1.97. The van der Waals surface area contributed by atoms with Gasteiger partial charge in [0.25, 0.3) is 0 Å². The van der Waals surface area contributed by atoms with Crippen LogP contribution in [0.15, 0.2) is 12.3 Å². The molecule has 0 aliphatic rings. The molecule has 1 aromatic heterocycles. The molecule has 0 spiro atoms. The van der Waals surface area contributed by atoms with Gasteiger partial charge in [-0.1, -0.05) is 13.8 Å². The van der Waals surface area contributed by atoms with E-state index in [1.807, 2.05) is 0 Å². The molecular weight excluding hydrogens is 148 g/mol. The molecule has 0 fully saturated rings. The normalized spacial score (nSPS) is 10.6. The van der Waals surface area contributed by atoms with Gasteiger partial charge in [-0.25, -0.2) is 9.37 Å². The van der Waals surface area contributed by atoms with Gasteiger partial charge in [-0.2, -0.15) is 4.39 Å². The molecule has 3 heteroatoms. The summed E-state index contributed by atoms with van der Waals surface area (Å²) in [5.41, 5.74) is 0.373. The Morgan fingerprint density at radius 1 is 1.36 bits per heavy atom. The van der Waals surface area contributed by atoms with E-state index in [1.165, 1.54) is 12.3 Å². The third kappa shape index (κ3) is 1.53. The van der Waals surface area contributed by atoms with Crippen LogP contribution in [0.3, 0.4) is 0 Å². The Morgan fingerprint density at radius 3 is 2.45 bits per heavy atom. The van der Waals surface area contributed by atoms with Gasteiger partial charge in [-0.15, -0.1) is 0 Å². The smallest absolute Gasteiger partial charge is 0.226 e. The summed E-state index contributed by atoms with van der Waals surface area (Å²) in [7, 11) is 0. The number of halogens is 2. The SMILES string of the molecule is CC(C)c1ccnc(F)c1F. The highest BCUT2D eigenvalue weighted by Gasteiger charge is 2.10. The maximum Gasteiger partial charge on any atom is 0.249 e. The van der Waals surface area contributed by atoms with Crippen LogP contribution in [-0.2, 0) is 0 Å². The molecular formula is C8H9F2N. The van der Waals surface area contributed by atoms with E-state index in [1.54, 1.807) is 13.8 Å². The first-order valence-corrected chi connectivity index (χ1v) is 3.43. The second-order valence-corrected chi connectivity index (χ2v) is 2.66. The summed E-state index contributed by atoms with van der Waals surface area (Å²) in [5.74, 6) is -1.86. The van der Waals surface area contributed by atoms with Gasteiger partial charge >= 0.3 is 0 Å². The number of hydrogen-bond donors (Lipinski definition) is 0. The summed E-state index contributed by atoms with van der Waals surface area (Å²) >= 11 is 0. The molecule has 0 aliphatic carbocycles. The van der Waals surface area contributed by atoms with Crippen molar-refractivity contribution in [3.8, 4) is 0 Å². The second-order valence-electron chi connectivity index (χ2n) is 2.66. The minimum absolute atomic E-state index is 0.00694. The van der Waals surface area contributed by atoms with Crippen LogP contribution in [0.25, 0.3) is 0 Å². The third-order valence-corrected chi connectivity index (χ3v) is 1.50. The fourth-order valence-corrected chi connectivity index (χ4v) is 0.878. The lowest BCUT2D eigenvalue weighted by Gasteiger charge is -2.05. The number of aromatic nitrogens is 1. The number of pyridine rings is 1. The van der Waals surface area contributed by atoms with Gasteiger partial charge in [-0.3, -0.25) is 0 Å². The topological polar surface area (TPSA) is 12.9 Å². The zero-order valence-electron chi connectivity index (χ0n) is 6.44. The molecule has 0 aromatic carbocycles. The molecule has 0 N–H and O–H groups in total. The summed E-state index contributed by atoms with van der Waals surface area (Å²) < 4.78 is 25.3. The van der Waals surface area contributed by atoms with Crippen LogP contribution in [-0.4, -0.2) is 4.98 Å². The van der Waals surface area contributed by atoms with Gasteiger partial charge in [0.1, 0.15) is 0 Å². The monoisotopic (exact) mass is 157 g/mol. The fraction of sp³-hybridized carbons (Fsp3) is 0.375. The van der Waals surface area contributed by atoms with Crippen LogP contribution in [0.5, 0.6) is 0 Å². The molecule has 60 valence electrons. The number of hydrogen-bond acceptors (Lipinski definition) is 1. The van der Waals surface area contributed by atoms with Gasteiger partial charge in [0.15, 0.2) is 5.82 Å². The third-order valence-electron chi connectivity index (χ3n) is 1.50. The zero-order valence-corrected chi connectivity index (χ0v) is 6.44. The molecule has 0 atom stereocenters. The Bertz CT molecular complexity index is 258. The Morgan fingerprint density at radius 2 is 2.00 bits per heavy atom. The van der Waals surface area contributed by atoms with Crippen molar-refractivity contribution < 1.29 is 8.78 Å². The maximum atomic E-state index is 12.8. The minimum atomic E-state index is -1.02. The molecule has 0 amide bonds. The number of nitrogens with zero attached hydrogens (tertiary/aromatic N) is 1. The Balaban J connectivity index is 3.17. The molecule has 1 nitrogen and oxygen atoms in total. The van der Waals surface area contributed by atoms with E-state index in [2.05, 4.69) is 4.98 Å². The van der Waals surface area contributed by atoms with Crippen molar-refractivity contribution in [1.29, 1.82) is 0 Å². The molecule has 0 unspecified atom stereocenters. The minimum Gasteiger partial charge on any atom is -0.226 e. The van der Waals surface area contributed by atoms with Gasteiger partial charge in [-0.05, 0) is 17.5 Å². The fourth-order valence-electron chi connectivity index (χ4n) is 0.878. The summed E-state index contributed by atoms with van der Waals surface area (Å²) in [5, 5.41) is 0. The van der Waals surface area contributed by atoms with Crippen molar-refractivity contribution in [3.05, 3.63) is 29.6 Å². The zero-order chi connectivity index (χ0) is 8.43. The van der Waals surface area contributed by atoms with Gasteiger partial charge < -0.3 is 0 Å². The highest BCUT2D eigenvalue weighted by Crippen LogP contribution is 2.18. The van der Waals surface area contributed by atoms with Gasteiger partial charge in [0.2, 0.25) is 5.95 Å². The first-order valence-electron chi connectivity index (χ1n) is 3.43. The molecule has 0 aliphatic heterocycles. The van der Waals surface area contributed by atoms with Crippen LogP contribution < -0.4 is 0 Å². The Labute approximate surface area is 64.1 Å². The van der Waals surface area contributed by atoms with E-state index in [0.717, 1.165) is 0 Å². The van der Waals surface area contributed by atoms with Crippen LogP contribution in [0.1, 0.15) is 25.3 Å². The first kappa shape index (κ1) is 8.11. The molecule has 0 saturated carbocycles. The van der Waals surface area contributed by atoms with E-state index in [-0.39, 0.29) is 5.92 Å². The van der Waals surface area contributed by atoms with Crippen molar-refractivity contribution in [1.82, 2.24) is 4.98 Å². The average Bonchev–Trinajstić information content (AvgIpc) is 1.94. The van der Waals surface area contributed by atoms with Crippen molar-refractivity contribution in [2.24, 2.45) is 0 Å². The van der Waals surface area contributed by atoms with Crippen LogP contribution in [0.4, 0.5) is 8.78 Å². The number of rotatable bonds is 1. The second kappa shape index (κ2) is 2.95. The lowest BCUT2D eigenvalue weighted by molar-refractivity contribution is 0.466. The Hall–Kier alpha value is -0.990. The predicted octanol–water partition coefficient (Wildman–Crippen LogP) is 2.48. The van der Waals surface area contributed by atoms with Crippen LogP contribution in [0, 0.1) is 11.8 Å². The highest BCUT2D eigenvalue weighted by atomic mass is 19.2. The lowest BCUT2D eigenvalue weighted by atomic mass is 10.0. The summed E-state index contributed by atoms with van der Waals surface area (Å²) in [4.78, 5) is 3.18. The van der Waals surface area contributed by atoms with E-state index in [9.17, 15) is 8.78 Å². The van der Waals surface area contributed by atoms with Crippen molar-refractivity contribution in [2.45, 2.75) is 19.8 Å². The van der Waals surface area contributed by atoms with Gasteiger partial charge in [0.05, 0.1) is 0 Å². The first-order chi connectivity index (χ1) is 5.13. The van der Waals surface area contributed by atoms with Crippen molar-refractivity contribution in [3.63, 3.8) is 0 Å². The van der Waals surface area contributed by atoms with E-state index >= 15 is 0 Å². The average molecular weight is 157 g/mol. The van der Waals surface area contributed by atoms with Crippen LogP contribution in [0.2, 0.25) is 0 Å². The maximum absolute atomic E-state index is 12.8. The van der Waals surface area contributed by atoms with E-state index < -0.39 is 11.8 Å². The molecule has 0 saturated heterocycles. The van der Waals surface area contributed by atoms with Crippen molar-refractivity contribution >= 4 is 0 Å². The standard InChI is InChI=1S/C8H9F2N/c1-5(2)6-3-4-11-8(10)7(6)9/h3-5H,1-2H3. The summed E-state index contributed by atoms with van der Waals surface area (Å²) in [6.07, 6.45) is 1.27. The molecule has 11 heavy (non-hydrogen) atoms. The molecule has 0 bridgehead atoms. The molecule has 1 rings (SSSR count). The largest absolute Gasteiger partial charge is 0.249 e. The van der Waals surface area contributed by atoms with Crippen LogP contribution >= 0.6 is 0 Å². The van der Waals surface area contributed by atoms with Gasteiger partial charge in [0, 0.05) is 6.20 Å².